The Morgan fingerprint density at radius 3 is 2.68 bits per heavy atom. The number of rotatable bonds is 8. The highest BCUT2D eigenvalue weighted by molar-refractivity contribution is 5.85. The third-order valence-corrected chi connectivity index (χ3v) is 6.69. The van der Waals surface area contributed by atoms with E-state index in [9.17, 15) is 4.79 Å². The fourth-order valence-electron chi connectivity index (χ4n) is 4.78. The van der Waals surface area contributed by atoms with Crippen molar-refractivity contribution in [2.24, 2.45) is 13.0 Å². The molecule has 2 aliphatic heterocycles. The second-order valence-electron chi connectivity index (χ2n) is 8.80. The monoisotopic (exact) mass is 428 g/mol. The molecule has 0 aliphatic carbocycles. The molecule has 1 N–H and O–H groups in total. The normalized spacial score (nSPS) is 19.0. The molecule has 2 aliphatic rings. The standard InChI is InChI=1S/C24H36N4O3/c1-26-17-20(22-16-21(30-2)4-5-23(22)26)18-28-10-6-19(7-11-28)24(29)25-8-3-9-27-12-14-31-15-13-27/h4-5,16-17,19H,3,6-15,18H2,1-2H3,(H,25,29). The molecule has 2 fully saturated rings. The van der Waals surface area contributed by atoms with Crippen molar-refractivity contribution >= 4 is 16.8 Å². The number of ether oxygens (including phenoxy) is 2. The van der Waals surface area contributed by atoms with Gasteiger partial charge in [-0.1, -0.05) is 0 Å². The van der Waals surface area contributed by atoms with Crippen LogP contribution in [0.3, 0.4) is 0 Å². The summed E-state index contributed by atoms with van der Waals surface area (Å²) in [6.45, 7) is 8.34. The summed E-state index contributed by atoms with van der Waals surface area (Å²) in [7, 11) is 3.80. The van der Waals surface area contributed by atoms with E-state index in [0.717, 1.165) is 84.0 Å². The number of aromatic nitrogens is 1. The van der Waals surface area contributed by atoms with Crippen LogP contribution in [-0.2, 0) is 23.1 Å². The van der Waals surface area contributed by atoms with E-state index in [2.05, 4.69) is 45.1 Å². The van der Waals surface area contributed by atoms with Crippen molar-refractivity contribution in [3.63, 3.8) is 0 Å². The van der Waals surface area contributed by atoms with Crippen LogP contribution < -0.4 is 10.1 Å². The van der Waals surface area contributed by atoms with Crippen LogP contribution in [0, 0.1) is 5.92 Å². The molecule has 1 amide bonds. The lowest BCUT2D eigenvalue weighted by molar-refractivity contribution is -0.126. The molecule has 7 heteroatoms. The van der Waals surface area contributed by atoms with Crippen LogP contribution in [0.15, 0.2) is 24.4 Å². The molecule has 0 bridgehead atoms. The summed E-state index contributed by atoms with van der Waals surface area (Å²) in [5.74, 6) is 1.27. The van der Waals surface area contributed by atoms with Gasteiger partial charge >= 0.3 is 0 Å². The van der Waals surface area contributed by atoms with Crippen LogP contribution in [0.1, 0.15) is 24.8 Å². The highest BCUT2D eigenvalue weighted by atomic mass is 16.5. The molecule has 0 saturated carbocycles. The average Bonchev–Trinajstić information content (AvgIpc) is 3.12. The Hall–Kier alpha value is -2.09. The largest absolute Gasteiger partial charge is 0.497 e. The number of nitrogens with one attached hydrogen (secondary N) is 1. The zero-order chi connectivity index (χ0) is 21.6. The van der Waals surface area contributed by atoms with Gasteiger partial charge in [0.25, 0.3) is 0 Å². The first kappa shape index (κ1) is 22.1. The van der Waals surface area contributed by atoms with Crippen LogP contribution in [0.25, 0.3) is 10.9 Å². The van der Waals surface area contributed by atoms with Crippen LogP contribution >= 0.6 is 0 Å². The number of nitrogens with zero attached hydrogens (tertiary/aromatic N) is 3. The Balaban J connectivity index is 1.21. The summed E-state index contributed by atoms with van der Waals surface area (Å²) < 4.78 is 13.0. The van der Waals surface area contributed by atoms with Crippen molar-refractivity contribution in [3.05, 3.63) is 30.0 Å². The van der Waals surface area contributed by atoms with E-state index >= 15 is 0 Å². The quantitative estimate of drug-likeness (QED) is 0.654. The lowest BCUT2D eigenvalue weighted by Gasteiger charge is -2.31. The number of fused-ring (bicyclic) bond motifs is 1. The second-order valence-corrected chi connectivity index (χ2v) is 8.80. The lowest BCUT2D eigenvalue weighted by Crippen LogP contribution is -2.41. The predicted octanol–water partition coefficient (Wildman–Crippen LogP) is 2.24. The van der Waals surface area contributed by atoms with E-state index in [0.29, 0.717) is 0 Å². The fourth-order valence-corrected chi connectivity index (χ4v) is 4.78. The molecule has 0 spiro atoms. The van der Waals surface area contributed by atoms with Gasteiger partial charge in [0.2, 0.25) is 5.91 Å². The minimum absolute atomic E-state index is 0.146. The molecular weight excluding hydrogens is 392 g/mol. The molecule has 0 atom stereocenters. The van der Waals surface area contributed by atoms with Crippen LogP contribution in [-0.4, -0.2) is 79.9 Å². The van der Waals surface area contributed by atoms with Gasteiger partial charge in [0, 0.05) is 56.2 Å². The number of hydrogen-bond donors (Lipinski definition) is 1. The smallest absolute Gasteiger partial charge is 0.223 e. The minimum atomic E-state index is 0.146. The first-order chi connectivity index (χ1) is 15.1. The van der Waals surface area contributed by atoms with E-state index in [-0.39, 0.29) is 11.8 Å². The minimum Gasteiger partial charge on any atom is -0.497 e. The van der Waals surface area contributed by atoms with E-state index < -0.39 is 0 Å². The molecule has 2 aromatic rings. The van der Waals surface area contributed by atoms with Crippen molar-refractivity contribution < 1.29 is 14.3 Å². The zero-order valence-corrected chi connectivity index (χ0v) is 18.9. The predicted molar refractivity (Wildman–Crippen MR) is 122 cm³/mol. The molecule has 31 heavy (non-hydrogen) atoms. The highest BCUT2D eigenvalue weighted by Gasteiger charge is 2.25. The molecule has 170 valence electrons. The Kier molecular flexibility index (Phi) is 7.48. The van der Waals surface area contributed by atoms with Gasteiger partial charge in [-0.3, -0.25) is 14.6 Å². The van der Waals surface area contributed by atoms with Gasteiger partial charge in [0.05, 0.1) is 20.3 Å². The van der Waals surface area contributed by atoms with E-state index in [4.69, 9.17) is 9.47 Å². The van der Waals surface area contributed by atoms with E-state index in [1.54, 1.807) is 7.11 Å². The second kappa shape index (κ2) is 10.5. The maximum absolute atomic E-state index is 12.6. The average molecular weight is 429 g/mol. The van der Waals surface area contributed by atoms with Gasteiger partial charge in [-0.05, 0) is 62.7 Å². The number of amides is 1. The number of hydrogen-bond acceptors (Lipinski definition) is 5. The molecule has 2 saturated heterocycles. The summed E-state index contributed by atoms with van der Waals surface area (Å²) in [5.41, 5.74) is 2.55. The SMILES string of the molecule is COc1ccc2c(c1)c(CN1CCC(C(=O)NCCCN3CCOCC3)CC1)cn2C. The number of carbonyl (C=O) groups excluding carboxylic acids is 1. The number of morpholine rings is 1. The number of carbonyl (C=O) groups is 1. The van der Waals surface area contributed by atoms with Crippen molar-refractivity contribution in [1.82, 2.24) is 19.7 Å². The molecule has 0 unspecified atom stereocenters. The van der Waals surface area contributed by atoms with Crippen LogP contribution in [0.4, 0.5) is 0 Å². The van der Waals surface area contributed by atoms with Crippen LogP contribution in [0.2, 0.25) is 0 Å². The van der Waals surface area contributed by atoms with Gasteiger partial charge in [-0.25, -0.2) is 0 Å². The summed E-state index contributed by atoms with van der Waals surface area (Å²) in [6, 6.07) is 6.26. The number of piperidine rings is 1. The molecule has 0 radical (unpaired) electrons. The van der Waals surface area contributed by atoms with Gasteiger partial charge in [-0.2, -0.15) is 0 Å². The maximum atomic E-state index is 12.6. The number of benzene rings is 1. The molecule has 1 aromatic carbocycles. The maximum Gasteiger partial charge on any atom is 0.223 e. The Morgan fingerprint density at radius 2 is 1.94 bits per heavy atom. The van der Waals surface area contributed by atoms with Crippen molar-refractivity contribution in [3.8, 4) is 5.75 Å². The summed E-state index contributed by atoms with van der Waals surface area (Å²) in [5, 5.41) is 4.42. The fraction of sp³-hybridized carbons (Fsp3) is 0.625. The molecular formula is C24H36N4O3. The summed E-state index contributed by atoms with van der Waals surface area (Å²) in [4.78, 5) is 17.5. The van der Waals surface area contributed by atoms with Crippen molar-refractivity contribution in [2.75, 3.05) is 59.6 Å². The van der Waals surface area contributed by atoms with Gasteiger partial charge in [0.1, 0.15) is 5.75 Å². The lowest BCUT2D eigenvalue weighted by atomic mass is 9.95. The summed E-state index contributed by atoms with van der Waals surface area (Å²) in [6.07, 6.45) is 5.10. The Bertz CT molecular complexity index is 867. The first-order valence-corrected chi connectivity index (χ1v) is 11.6. The van der Waals surface area contributed by atoms with Gasteiger partial charge in [0.15, 0.2) is 0 Å². The molecule has 4 rings (SSSR count). The molecule has 3 heterocycles. The van der Waals surface area contributed by atoms with E-state index in [1.165, 1.54) is 16.5 Å². The van der Waals surface area contributed by atoms with Gasteiger partial charge in [-0.15, -0.1) is 0 Å². The van der Waals surface area contributed by atoms with Crippen LogP contribution in [0.5, 0.6) is 5.75 Å². The topological polar surface area (TPSA) is 59.0 Å². The van der Waals surface area contributed by atoms with E-state index in [1.807, 2.05) is 6.07 Å². The van der Waals surface area contributed by atoms with Crippen molar-refractivity contribution in [2.45, 2.75) is 25.8 Å². The molecule has 7 nitrogen and oxygen atoms in total. The Labute approximate surface area is 185 Å². The van der Waals surface area contributed by atoms with Crippen molar-refractivity contribution in [1.29, 1.82) is 0 Å². The highest BCUT2D eigenvalue weighted by Crippen LogP contribution is 2.28. The number of likely N-dealkylation sites (tertiary alicyclic amines) is 1. The Morgan fingerprint density at radius 1 is 1.16 bits per heavy atom. The zero-order valence-electron chi connectivity index (χ0n) is 18.9. The molecule has 1 aromatic heterocycles. The first-order valence-electron chi connectivity index (χ1n) is 11.6. The third kappa shape index (κ3) is 5.59. The number of aryl methyl sites for hydroxylation is 1. The number of methoxy groups -OCH3 is 1. The third-order valence-electron chi connectivity index (χ3n) is 6.69. The van der Waals surface area contributed by atoms with Gasteiger partial charge < -0.3 is 19.4 Å². The summed E-state index contributed by atoms with van der Waals surface area (Å²) >= 11 is 0.